The van der Waals surface area contributed by atoms with Crippen LogP contribution in [0.2, 0.25) is 0 Å². The second kappa shape index (κ2) is 25.4. The van der Waals surface area contributed by atoms with Gasteiger partial charge >= 0.3 is 0 Å². The van der Waals surface area contributed by atoms with Crippen LogP contribution in [-0.2, 0) is 0 Å². The van der Waals surface area contributed by atoms with E-state index in [1.165, 1.54) is 19.3 Å². The van der Waals surface area contributed by atoms with E-state index in [2.05, 4.69) is 4.90 Å². The van der Waals surface area contributed by atoms with E-state index in [0.29, 0.717) is 97.1 Å². The van der Waals surface area contributed by atoms with Crippen LogP contribution in [0.3, 0.4) is 0 Å². The van der Waals surface area contributed by atoms with Crippen LogP contribution in [-0.4, -0.2) is 103 Å². The molecule has 0 spiro atoms. The summed E-state index contributed by atoms with van der Waals surface area (Å²) in [6.45, 7) is 5.18. The molecule has 0 aliphatic carbocycles. The number of hydrogen-bond acceptors (Lipinski definition) is 14. The fourth-order valence-corrected chi connectivity index (χ4v) is 7.21. The molecule has 2 unspecified atom stereocenters. The lowest BCUT2D eigenvalue weighted by Crippen LogP contribution is -2.72. The highest BCUT2D eigenvalue weighted by molar-refractivity contribution is 5.08. The summed E-state index contributed by atoms with van der Waals surface area (Å²) in [6.07, 6.45) is 12.4. The Balaban J connectivity index is 0.000000668. The van der Waals surface area contributed by atoms with Gasteiger partial charge in [-0.3, -0.25) is 25.1 Å². The first-order chi connectivity index (χ1) is 22.0. The van der Waals surface area contributed by atoms with Crippen molar-refractivity contribution in [3.05, 3.63) is 20.2 Å². The quantitative estimate of drug-likeness (QED) is 0.0493. The average Bonchev–Trinajstić information content (AvgIpc) is 3.07. The third-order valence-corrected chi connectivity index (χ3v) is 9.69. The number of piperidine rings is 3. The zero-order valence-corrected chi connectivity index (χ0v) is 28.5. The van der Waals surface area contributed by atoms with E-state index in [0.717, 1.165) is 44.8 Å². The highest BCUT2D eigenvalue weighted by Crippen LogP contribution is 2.44. The van der Waals surface area contributed by atoms with E-state index in [9.17, 15) is 20.2 Å². The van der Waals surface area contributed by atoms with E-state index in [1.807, 2.05) is 0 Å². The van der Waals surface area contributed by atoms with Gasteiger partial charge in [-0.1, -0.05) is 0 Å². The second-order valence-corrected chi connectivity index (χ2v) is 13.0. The van der Waals surface area contributed by atoms with Crippen molar-refractivity contribution in [1.29, 1.82) is 0 Å². The molecule has 0 aromatic heterocycles. The third-order valence-electron chi connectivity index (χ3n) is 9.69. The van der Waals surface area contributed by atoms with Crippen LogP contribution in [0.1, 0.15) is 96.3 Å². The Morgan fingerprint density at radius 1 is 0.587 bits per heavy atom. The van der Waals surface area contributed by atoms with Crippen molar-refractivity contribution in [2.45, 2.75) is 126 Å². The summed E-state index contributed by atoms with van der Waals surface area (Å²) in [5.41, 5.74) is 48.2. The highest BCUT2D eigenvalue weighted by Gasteiger charge is 2.59. The molecule has 16 nitrogen and oxygen atoms in total. The summed E-state index contributed by atoms with van der Waals surface area (Å²) < 4.78 is 0. The van der Waals surface area contributed by atoms with Gasteiger partial charge in [-0.05, 0) is 103 Å². The predicted molar refractivity (Wildman–Crippen MR) is 187 cm³/mol. The highest BCUT2D eigenvalue weighted by atomic mass is 16.6. The number of nitrogens with zero attached hydrogens (tertiary/aromatic N) is 3. The minimum absolute atomic E-state index is 0.0463. The molecule has 0 radical (unpaired) electrons. The van der Waals surface area contributed by atoms with Crippen molar-refractivity contribution >= 4 is 0 Å². The Morgan fingerprint density at radius 3 is 1.11 bits per heavy atom. The van der Waals surface area contributed by atoms with Gasteiger partial charge in [-0.2, -0.15) is 0 Å². The molecule has 16 heteroatoms. The summed E-state index contributed by atoms with van der Waals surface area (Å²) in [5, 5.41) is 22.6. The zero-order chi connectivity index (χ0) is 35.0. The number of rotatable bonds is 23. The van der Waals surface area contributed by atoms with Gasteiger partial charge in [0, 0.05) is 86.1 Å². The molecule has 18 N–H and O–H groups in total. The lowest BCUT2D eigenvalue weighted by Gasteiger charge is -2.55. The number of nitro groups is 2. The van der Waals surface area contributed by atoms with Crippen LogP contribution in [0.4, 0.5) is 0 Å². The predicted octanol–water partition coefficient (Wildman–Crippen LogP) is -0.479. The van der Waals surface area contributed by atoms with Gasteiger partial charge in [0.05, 0.1) is 0 Å². The van der Waals surface area contributed by atoms with Crippen LogP contribution in [0.15, 0.2) is 0 Å². The van der Waals surface area contributed by atoms with Crippen molar-refractivity contribution in [3.63, 3.8) is 0 Å². The van der Waals surface area contributed by atoms with E-state index in [4.69, 9.17) is 51.6 Å². The average molecular weight is 663 g/mol. The Kier molecular flexibility index (Phi) is 24.5. The molecular formula is C30H70N12O4. The molecule has 46 heavy (non-hydrogen) atoms. The molecule has 2 bridgehead atoms. The molecule has 3 rings (SSSR count). The molecule has 0 amide bonds. The maximum Gasteiger partial charge on any atom is 0.226 e. The lowest BCUT2D eigenvalue weighted by molar-refractivity contribution is -0.588. The normalized spacial score (nSPS) is 23.8. The van der Waals surface area contributed by atoms with Crippen LogP contribution in [0, 0.1) is 26.1 Å². The third kappa shape index (κ3) is 14.7. The van der Waals surface area contributed by atoms with Gasteiger partial charge in [-0.15, -0.1) is 0 Å². The molecule has 3 fully saturated rings. The Hall–Kier alpha value is -1.60. The number of hydrogen-bond donors (Lipinski definition) is 9. The maximum atomic E-state index is 11.4. The van der Waals surface area contributed by atoms with Gasteiger partial charge in [0.25, 0.3) is 0 Å². The Bertz CT molecular complexity index is 720. The topological polar surface area (TPSA) is 324 Å². The number of fused-ring (bicyclic) bond motifs is 3. The SMILES string of the molecule is NCC1CC2([N+](=O)[O-])CC(CN)N1[C@@H](CN)C2.NCCCC(CCCN)(CCCN)[N+](=O)[O-].NCCCC(CCCN)CCCN. The van der Waals surface area contributed by atoms with Gasteiger partial charge in [0.15, 0.2) is 0 Å². The molecule has 0 aromatic carbocycles. The van der Waals surface area contributed by atoms with Gasteiger partial charge < -0.3 is 51.6 Å². The Labute approximate surface area is 276 Å². The van der Waals surface area contributed by atoms with Crippen LogP contribution >= 0.6 is 0 Å². The molecule has 3 aliphatic rings. The lowest BCUT2D eigenvalue weighted by atomic mass is 9.69. The summed E-state index contributed by atoms with van der Waals surface area (Å²) in [5.74, 6) is 0.802. The van der Waals surface area contributed by atoms with E-state index in [-0.39, 0.29) is 28.0 Å². The van der Waals surface area contributed by atoms with Crippen LogP contribution in [0.5, 0.6) is 0 Å². The zero-order valence-electron chi connectivity index (χ0n) is 28.5. The molecule has 0 saturated carbocycles. The van der Waals surface area contributed by atoms with Crippen LogP contribution < -0.4 is 51.6 Å². The van der Waals surface area contributed by atoms with E-state index < -0.39 is 11.1 Å². The fraction of sp³-hybridized carbons (Fsp3) is 1.00. The van der Waals surface area contributed by atoms with Crippen LogP contribution in [0.25, 0.3) is 0 Å². The second-order valence-electron chi connectivity index (χ2n) is 13.0. The minimum atomic E-state index is -0.863. The first-order valence-corrected chi connectivity index (χ1v) is 17.4. The van der Waals surface area contributed by atoms with Crippen molar-refractivity contribution < 1.29 is 9.85 Å². The van der Waals surface area contributed by atoms with Crippen molar-refractivity contribution in [2.24, 2.45) is 57.5 Å². The molecule has 3 heterocycles. The summed E-state index contributed by atoms with van der Waals surface area (Å²) in [7, 11) is 0. The molecule has 3 atom stereocenters. The molecule has 274 valence electrons. The standard InChI is InChI=1S/C10H21N5O2.C10H24N4O2.C10H25N3/c11-4-7-1-10(15(16)17)2-8(5-12)14(7)9(3-10)6-13;11-7-1-4-10(14(15)16,5-2-8-12)6-3-9-13;11-7-1-4-10(5-2-8-12)6-3-9-13/h7-9H,1-6,11-13H2;1-9,11-13H2;10H,1-9,11-13H2/t7-,8?,9?,10?;;/m1../s1. The monoisotopic (exact) mass is 663 g/mol. The first-order valence-electron chi connectivity index (χ1n) is 17.4. The fourth-order valence-electron chi connectivity index (χ4n) is 7.21. The van der Waals surface area contributed by atoms with E-state index >= 15 is 0 Å². The maximum absolute atomic E-state index is 11.4. The molecule has 0 aromatic rings. The van der Waals surface area contributed by atoms with Crippen molar-refractivity contribution in [1.82, 2.24) is 4.90 Å². The summed E-state index contributed by atoms with van der Waals surface area (Å²) >= 11 is 0. The molecule has 3 aliphatic heterocycles. The van der Waals surface area contributed by atoms with Crippen molar-refractivity contribution in [2.75, 3.05) is 58.9 Å². The van der Waals surface area contributed by atoms with Gasteiger partial charge in [0.1, 0.15) is 0 Å². The molecular weight excluding hydrogens is 592 g/mol. The van der Waals surface area contributed by atoms with Gasteiger partial charge in [-0.25, -0.2) is 0 Å². The summed E-state index contributed by atoms with van der Waals surface area (Å²) in [4.78, 5) is 24.5. The largest absolute Gasteiger partial charge is 0.330 e. The molecule has 3 saturated heterocycles. The van der Waals surface area contributed by atoms with Gasteiger partial charge in [0.2, 0.25) is 11.1 Å². The van der Waals surface area contributed by atoms with E-state index in [1.54, 1.807) is 0 Å². The first kappa shape index (κ1) is 44.4. The smallest absolute Gasteiger partial charge is 0.226 e. The van der Waals surface area contributed by atoms with Crippen molar-refractivity contribution in [3.8, 4) is 0 Å². The number of nitrogens with two attached hydrogens (primary N) is 9. The summed E-state index contributed by atoms with van der Waals surface area (Å²) in [6, 6.07) is 0.139. The minimum Gasteiger partial charge on any atom is -0.330 e. The Morgan fingerprint density at radius 2 is 0.891 bits per heavy atom.